The number of nitrogens with two attached hydrogens (primary N) is 1. The Balaban J connectivity index is 2.57. The van der Waals surface area contributed by atoms with Gasteiger partial charge in [-0.25, -0.2) is 0 Å². The third-order valence-electron chi connectivity index (χ3n) is 1.76. The monoisotopic (exact) mass is 215 g/mol. The first-order valence-electron chi connectivity index (χ1n) is 4.47. The summed E-state index contributed by atoms with van der Waals surface area (Å²) in [4.78, 5) is 0. The number of halogens is 1. The van der Waals surface area contributed by atoms with Crippen LogP contribution in [0.15, 0.2) is 18.2 Å². The van der Waals surface area contributed by atoms with Gasteiger partial charge in [0.1, 0.15) is 5.75 Å². The molecule has 14 heavy (non-hydrogen) atoms. The van der Waals surface area contributed by atoms with Gasteiger partial charge in [-0.1, -0.05) is 17.7 Å². The smallest absolute Gasteiger partial charge is 0.189 e. The first-order valence-corrected chi connectivity index (χ1v) is 4.84. The summed E-state index contributed by atoms with van der Waals surface area (Å²) in [5.41, 5.74) is 6.38. The normalized spacial score (nSPS) is 10.2. The molecule has 0 spiro atoms. The van der Waals surface area contributed by atoms with Crippen molar-refractivity contribution in [1.29, 1.82) is 0 Å². The molecule has 0 aliphatic carbocycles. The van der Waals surface area contributed by atoms with Crippen LogP contribution in [0.4, 0.5) is 0 Å². The first-order chi connectivity index (χ1) is 6.77. The zero-order valence-corrected chi connectivity index (χ0v) is 8.88. The van der Waals surface area contributed by atoms with Gasteiger partial charge in [0.15, 0.2) is 6.79 Å². The minimum atomic E-state index is 0.245. The topological polar surface area (TPSA) is 44.5 Å². The van der Waals surface area contributed by atoms with E-state index in [1.54, 1.807) is 6.07 Å². The molecule has 1 rings (SSSR count). The molecule has 0 amide bonds. The van der Waals surface area contributed by atoms with Crippen LogP contribution in [0.3, 0.4) is 0 Å². The average molecular weight is 216 g/mol. The average Bonchev–Trinajstić information content (AvgIpc) is 2.18. The Kier molecular flexibility index (Phi) is 4.73. The molecule has 0 fully saturated rings. The molecule has 2 N–H and O–H groups in total. The quantitative estimate of drug-likeness (QED) is 0.605. The minimum Gasteiger partial charge on any atom is -0.468 e. The highest BCUT2D eigenvalue weighted by Crippen LogP contribution is 2.22. The molecule has 1 aromatic carbocycles. The summed E-state index contributed by atoms with van der Waals surface area (Å²) in [6, 6.07) is 5.42. The summed E-state index contributed by atoms with van der Waals surface area (Å²) in [6.07, 6.45) is 0. The molecular formula is C10H14ClNO2. The van der Waals surface area contributed by atoms with Crippen molar-refractivity contribution in [2.24, 2.45) is 5.73 Å². The molecule has 0 saturated heterocycles. The molecule has 0 aromatic heterocycles. The molecule has 0 aliphatic rings. The fourth-order valence-electron chi connectivity index (χ4n) is 0.976. The van der Waals surface area contributed by atoms with Gasteiger partial charge in [-0.15, -0.1) is 0 Å². The summed E-state index contributed by atoms with van der Waals surface area (Å²) in [5.74, 6) is 0.695. The van der Waals surface area contributed by atoms with Crippen LogP contribution >= 0.6 is 11.6 Å². The summed E-state index contributed by atoms with van der Waals surface area (Å²) in [7, 11) is 0. The van der Waals surface area contributed by atoms with Crippen LogP contribution in [-0.4, -0.2) is 13.4 Å². The van der Waals surface area contributed by atoms with Crippen LogP contribution in [0.5, 0.6) is 5.75 Å². The molecule has 0 saturated carbocycles. The van der Waals surface area contributed by atoms with E-state index < -0.39 is 0 Å². The number of hydrogen-bond donors (Lipinski definition) is 1. The van der Waals surface area contributed by atoms with Crippen molar-refractivity contribution < 1.29 is 9.47 Å². The van der Waals surface area contributed by atoms with Crippen LogP contribution in [0.25, 0.3) is 0 Å². The van der Waals surface area contributed by atoms with E-state index in [9.17, 15) is 0 Å². The Morgan fingerprint density at radius 3 is 2.79 bits per heavy atom. The molecule has 4 heteroatoms. The molecule has 0 atom stereocenters. The van der Waals surface area contributed by atoms with Gasteiger partial charge in [-0.2, -0.15) is 0 Å². The van der Waals surface area contributed by atoms with Gasteiger partial charge >= 0.3 is 0 Å². The Bertz CT molecular complexity index is 291. The Labute approximate surface area is 88.8 Å². The van der Waals surface area contributed by atoms with E-state index in [4.69, 9.17) is 26.8 Å². The zero-order valence-electron chi connectivity index (χ0n) is 8.13. The van der Waals surface area contributed by atoms with E-state index >= 15 is 0 Å². The van der Waals surface area contributed by atoms with Crippen LogP contribution in [0.1, 0.15) is 12.5 Å². The summed E-state index contributed by atoms with van der Waals surface area (Å²) < 4.78 is 10.3. The highest BCUT2D eigenvalue weighted by atomic mass is 35.5. The van der Waals surface area contributed by atoms with Crippen molar-refractivity contribution in [3.63, 3.8) is 0 Å². The molecule has 0 radical (unpaired) electrons. The minimum absolute atomic E-state index is 0.245. The molecule has 0 unspecified atom stereocenters. The standard InChI is InChI=1S/C10H14ClNO2/c1-2-13-7-14-9-4-3-8(6-12)10(11)5-9/h3-5H,2,6-7,12H2,1H3. The number of hydrogen-bond acceptors (Lipinski definition) is 3. The predicted octanol–water partition coefficient (Wildman–Crippen LogP) is 2.17. The maximum absolute atomic E-state index is 5.94. The predicted molar refractivity (Wildman–Crippen MR) is 56.5 cm³/mol. The molecule has 3 nitrogen and oxygen atoms in total. The van der Waals surface area contributed by atoms with Crippen molar-refractivity contribution in [1.82, 2.24) is 0 Å². The van der Waals surface area contributed by atoms with Crippen LogP contribution in [-0.2, 0) is 11.3 Å². The molecule has 0 bridgehead atoms. The molecule has 0 heterocycles. The largest absolute Gasteiger partial charge is 0.468 e. The zero-order chi connectivity index (χ0) is 10.4. The van der Waals surface area contributed by atoms with E-state index in [1.165, 1.54) is 0 Å². The number of benzene rings is 1. The summed E-state index contributed by atoms with van der Waals surface area (Å²) in [5, 5.41) is 0.626. The second-order valence-electron chi connectivity index (χ2n) is 2.71. The van der Waals surface area contributed by atoms with E-state index in [1.807, 2.05) is 19.1 Å². The molecule has 78 valence electrons. The van der Waals surface area contributed by atoms with Crippen molar-refractivity contribution in [3.05, 3.63) is 28.8 Å². The van der Waals surface area contributed by atoms with Crippen molar-refractivity contribution >= 4 is 11.6 Å². The van der Waals surface area contributed by atoms with Crippen molar-refractivity contribution in [3.8, 4) is 5.75 Å². The van der Waals surface area contributed by atoms with Gasteiger partial charge in [0.05, 0.1) is 0 Å². The maximum atomic E-state index is 5.94. The van der Waals surface area contributed by atoms with Gasteiger partial charge in [0.2, 0.25) is 0 Å². The lowest BCUT2D eigenvalue weighted by Gasteiger charge is -2.07. The Morgan fingerprint density at radius 1 is 1.43 bits per heavy atom. The molecular weight excluding hydrogens is 202 g/mol. The number of rotatable bonds is 5. The van der Waals surface area contributed by atoms with E-state index in [-0.39, 0.29) is 6.79 Å². The highest BCUT2D eigenvalue weighted by Gasteiger charge is 2.00. The third-order valence-corrected chi connectivity index (χ3v) is 2.11. The van der Waals surface area contributed by atoms with Crippen molar-refractivity contribution in [2.75, 3.05) is 13.4 Å². The van der Waals surface area contributed by atoms with Crippen LogP contribution < -0.4 is 10.5 Å². The highest BCUT2D eigenvalue weighted by molar-refractivity contribution is 6.31. The summed E-state index contributed by atoms with van der Waals surface area (Å²) >= 11 is 5.94. The lowest BCUT2D eigenvalue weighted by atomic mass is 10.2. The van der Waals surface area contributed by atoms with Gasteiger partial charge < -0.3 is 15.2 Å². The second kappa shape index (κ2) is 5.86. The van der Waals surface area contributed by atoms with E-state index in [0.717, 1.165) is 5.56 Å². The molecule has 1 aromatic rings. The van der Waals surface area contributed by atoms with Crippen LogP contribution in [0.2, 0.25) is 5.02 Å². The lowest BCUT2D eigenvalue weighted by Crippen LogP contribution is -2.03. The molecule has 0 aliphatic heterocycles. The van der Waals surface area contributed by atoms with E-state index in [0.29, 0.717) is 23.9 Å². The number of ether oxygens (including phenoxy) is 2. The Hall–Kier alpha value is -0.770. The van der Waals surface area contributed by atoms with Gasteiger partial charge in [-0.05, 0) is 24.6 Å². The summed E-state index contributed by atoms with van der Waals surface area (Å²) in [6.45, 7) is 3.22. The second-order valence-corrected chi connectivity index (χ2v) is 3.12. The fourth-order valence-corrected chi connectivity index (χ4v) is 1.22. The van der Waals surface area contributed by atoms with Gasteiger partial charge in [0.25, 0.3) is 0 Å². The van der Waals surface area contributed by atoms with Crippen LogP contribution in [0, 0.1) is 0 Å². The van der Waals surface area contributed by atoms with Crippen molar-refractivity contribution in [2.45, 2.75) is 13.5 Å². The lowest BCUT2D eigenvalue weighted by molar-refractivity contribution is 0.0224. The van der Waals surface area contributed by atoms with Gasteiger partial charge in [0, 0.05) is 18.2 Å². The SMILES string of the molecule is CCOCOc1ccc(CN)c(Cl)c1. The third kappa shape index (κ3) is 3.18. The first kappa shape index (κ1) is 11.3. The fraction of sp³-hybridized carbons (Fsp3) is 0.400. The maximum Gasteiger partial charge on any atom is 0.189 e. The Morgan fingerprint density at radius 2 is 2.21 bits per heavy atom. The van der Waals surface area contributed by atoms with Gasteiger partial charge in [-0.3, -0.25) is 0 Å². The van der Waals surface area contributed by atoms with E-state index in [2.05, 4.69) is 0 Å².